The number of pyridine rings is 1. The molecule has 1 aromatic carbocycles. The summed E-state index contributed by atoms with van der Waals surface area (Å²) in [6, 6.07) is 9.82. The number of hydrogen-bond donors (Lipinski definition) is 1. The van der Waals surface area contributed by atoms with E-state index in [1.807, 2.05) is 37.3 Å². The van der Waals surface area contributed by atoms with Crippen LogP contribution in [0.3, 0.4) is 0 Å². The first-order chi connectivity index (χ1) is 9.29. The molecule has 0 aliphatic carbocycles. The van der Waals surface area contributed by atoms with Crippen LogP contribution in [0.1, 0.15) is 16.7 Å². The molecule has 2 aromatic rings. The molecule has 3 heteroatoms. The smallest absolute Gasteiger partial charge is 0.135 e. The van der Waals surface area contributed by atoms with Gasteiger partial charge < -0.3 is 10.5 Å². The molecule has 0 bridgehead atoms. The minimum atomic E-state index is 0.345. The van der Waals surface area contributed by atoms with Gasteiger partial charge in [-0.15, -0.1) is 0 Å². The fourth-order valence-corrected chi connectivity index (χ4v) is 1.65. The highest BCUT2D eigenvalue weighted by atomic mass is 16.5. The van der Waals surface area contributed by atoms with Gasteiger partial charge in [0.2, 0.25) is 0 Å². The molecule has 0 spiro atoms. The average molecular weight is 252 g/mol. The van der Waals surface area contributed by atoms with Gasteiger partial charge in [0.25, 0.3) is 0 Å². The van der Waals surface area contributed by atoms with Gasteiger partial charge in [-0.2, -0.15) is 0 Å². The highest BCUT2D eigenvalue weighted by Crippen LogP contribution is 2.20. The molecule has 19 heavy (non-hydrogen) atoms. The predicted molar refractivity (Wildman–Crippen MR) is 75.7 cm³/mol. The quantitative estimate of drug-likeness (QED) is 0.852. The molecule has 0 amide bonds. The second-order valence-electron chi connectivity index (χ2n) is 4.15. The Bertz CT molecular complexity index is 597. The number of benzene rings is 1. The number of hydrogen-bond acceptors (Lipinski definition) is 3. The summed E-state index contributed by atoms with van der Waals surface area (Å²) >= 11 is 0. The second kappa shape index (κ2) is 6.58. The van der Waals surface area contributed by atoms with E-state index in [2.05, 4.69) is 16.8 Å². The highest BCUT2D eigenvalue weighted by molar-refractivity contribution is 5.48. The number of rotatable bonds is 3. The summed E-state index contributed by atoms with van der Waals surface area (Å²) in [5, 5.41) is 0. The van der Waals surface area contributed by atoms with Crippen LogP contribution >= 0.6 is 0 Å². The van der Waals surface area contributed by atoms with Gasteiger partial charge >= 0.3 is 0 Å². The molecule has 0 atom stereocenters. The van der Waals surface area contributed by atoms with Crippen LogP contribution in [-0.2, 0) is 6.61 Å². The molecule has 0 fully saturated rings. The van der Waals surface area contributed by atoms with Crippen LogP contribution in [0.5, 0.6) is 5.75 Å². The van der Waals surface area contributed by atoms with Crippen molar-refractivity contribution in [2.24, 2.45) is 5.73 Å². The fourth-order valence-electron chi connectivity index (χ4n) is 1.65. The molecule has 0 aliphatic rings. The maximum atomic E-state index is 5.80. The molecule has 2 rings (SSSR count). The lowest BCUT2D eigenvalue weighted by Crippen LogP contribution is -1.98. The standard InChI is InChI=1S/C16H16N2O/c1-13-4-5-16(15(11-13)3-2-8-17)19-12-14-6-9-18-10-7-14/h4-7,9-11H,8,12,17H2,1H3. The van der Waals surface area contributed by atoms with E-state index in [0.29, 0.717) is 13.2 Å². The first kappa shape index (κ1) is 13.1. The zero-order valence-electron chi connectivity index (χ0n) is 10.9. The van der Waals surface area contributed by atoms with Gasteiger partial charge in [-0.25, -0.2) is 0 Å². The van der Waals surface area contributed by atoms with Gasteiger partial charge in [-0.3, -0.25) is 4.98 Å². The minimum absolute atomic E-state index is 0.345. The number of nitrogens with zero attached hydrogens (tertiary/aromatic N) is 1. The molecule has 3 nitrogen and oxygen atoms in total. The third-order valence-electron chi connectivity index (χ3n) is 2.60. The molecular formula is C16H16N2O. The molecule has 1 aromatic heterocycles. The number of nitrogens with two attached hydrogens (primary N) is 1. The molecule has 0 radical (unpaired) electrons. The summed E-state index contributed by atoms with van der Waals surface area (Å²) in [7, 11) is 0. The summed E-state index contributed by atoms with van der Waals surface area (Å²) in [6.07, 6.45) is 3.51. The topological polar surface area (TPSA) is 48.1 Å². The lowest BCUT2D eigenvalue weighted by molar-refractivity contribution is 0.305. The van der Waals surface area contributed by atoms with Crippen molar-refractivity contribution in [3.8, 4) is 17.6 Å². The van der Waals surface area contributed by atoms with E-state index in [4.69, 9.17) is 10.5 Å². The molecule has 0 unspecified atom stereocenters. The van der Waals surface area contributed by atoms with Gasteiger partial charge in [-0.05, 0) is 42.3 Å². The van der Waals surface area contributed by atoms with Crippen molar-refractivity contribution in [2.75, 3.05) is 6.54 Å². The van der Waals surface area contributed by atoms with Crippen molar-refractivity contribution in [3.63, 3.8) is 0 Å². The van der Waals surface area contributed by atoms with E-state index in [-0.39, 0.29) is 0 Å². The molecule has 0 aliphatic heterocycles. The Hall–Kier alpha value is -2.31. The Balaban J connectivity index is 2.15. The molecular weight excluding hydrogens is 236 g/mol. The van der Waals surface area contributed by atoms with Gasteiger partial charge in [-0.1, -0.05) is 17.9 Å². The number of ether oxygens (including phenoxy) is 1. The van der Waals surface area contributed by atoms with Crippen molar-refractivity contribution in [1.29, 1.82) is 0 Å². The van der Waals surface area contributed by atoms with Crippen LogP contribution in [0.15, 0.2) is 42.7 Å². The zero-order chi connectivity index (χ0) is 13.5. The lowest BCUT2D eigenvalue weighted by atomic mass is 10.1. The van der Waals surface area contributed by atoms with E-state index < -0.39 is 0 Å². The van der Waals surface area contributed by atoms with E-state index in [0.717, 1.165) is 22.4 Å². The van der Waals surface area contributed by atoms with E-state index in [1.54, 1.807) is 12.4 Å². The Morgan fingerprint density at radius 2 is 2.00 bits per heavy atom. The SMILES string of the molecule is Cc1ccc(OCc2ccncc2)c(C#CCN)c1. The molecule has 2 N–H and O–H groups in total. The summed E-state index contributed by atoms with van der Waals surface area (Å²) < 4.78 is 5.80. The van der Waals surface area contributed by atoms with Crippen LogP contribution in [0.4, 0.5) is 0 Å². The second-order valence-corrected chi connectivity index (χ2v) is 4.15. The summed E-state index contributed by atoms with van der Waals surface area (Å²) in [5.41, 5.74) is 8.51. The third-order valence-corrected chi connectivity index (χ3v) is 2.60. The Labute approximate surface area is 113 Å². The van der Waals surface area contributed by atoms with Crippen molar-refractivity contribution < 1.29 is 4.74 Å². The number of aromatic nitrogens is 1. The van der Waals surface area contributed by atoms with Crippen LogP contribution in [0, 0.1) is 18.8 Å². The van der Waals surface area contributed by atoms with Crippen molar-refractivity contribution in [3.05, 3.63) is 59.4 Å². The van der Waals surface area contributed by atoms with Crippen LogP contribution in [-0.4, -0.2) is 11.5 Å². The van der Waals surface area contributed by atoms with Crippen molar-refractivity contribution in [2.45, 2.75) is 13.5 Å². The lowest BCUT2D eigenvalue weighted by Gasteiger charge is -2.09. The normalized spacial score (nSPS) is 9.58. The first-order valence-electron chi connectivity index (χ1n) is 6.11. The van der Waals surface area contributed by atoms with Crippen molar-refractivity contribution in [1.82, 2.24) is 4.98 Å². The summed E-state index contributed by atoms with van der Waals surface area (Å²) in [4.78, 5) is 3.98. The summed E-state index contributed by atoms with van der Waals surface area (Å²) in [6.45, 7) is 2.88. The maximum absolute atomic E-state index is 5.80. The third kappa shape index (κ3) is 3.84. The van der Waals surface area contributed by atoms with E-state index in [1.165, 1.54) is 0 Å². The van der Waals surface area contributed by atoms with Crippen LogP contribution in [0.25, 0.3) is 0 Å². The van der Waals surface area contributed by atoms with Crippen molar-refractivity contribution >= 4 is 0 Å². The van der Waals surface area contributed by atoms with Gasteiger partial charge in [0.15, 0.2) is 0 Å². The first-order valence-corrected chi connectivity index (χ1v) is 6.11. The Kier molecular flexibility index (Phi) is 4.54. The molecule has 96 valence electrons. The average Bonchev–Trinajstić information content (AvgIpc) is 2.45. The van der Waals surface area contributed by atoms with Crippen LogP contribution < -0.4 is 10.5 Å². The largest absolute Gasteiger partial charge is 0.488 e. The van der Waals surface area contributed by atoms with Gasteiger partial charge in [0, 0.05) is 12.4 Å². The highest BCUT2D eigenvalue weighted by Gasteiger charge is 2.02. The van der Waals surface area contributed by atoms with Crippen LogP contribution in [0.2, 0.25) is 0 Å². The summed E-state index contributed by atoms with van der Waals surface area (Å²) in [5.74, 6) is 6.68. The maximum Gasteiger partial charge on any atom is 0.135 e. The molecule has 0 saturated carbocycles. The Morgan fingerprint density at radius 1 is 1.21 bits per heavy atom. The molecule has 1 heterocycles. The zero-order valence-corrected chi connectivity index (χ0v) is 10.9. The van der Waals surface area contributed by atoms with Gasteiger partial charge in [0.1, 0.15) is 12.4 Å². The van der Waals surface area contributed by atoms with E-state index in [9.17, 15) is 0 Å². The minimum Gasteiger partial charge on any atom is -0.488 e. The molecule has 0 saturated heterocycles. The van der Waals surface area contributed by atoms with Gasteiger partial charge in [0.05, 0.1) is 12.1 Å². The number of aryl methyl sites for hydroxylation is 1. The monoisotopic (exact) mass is 252 g/mol. The Morgan fingerprint density at radius 3 is 2.74 bits per heavy atom. The fraction of sp³-hybridized carbons (Fsp3) is 0.188. The van der Waals surface area contributed by atoms with E-state index >= 15 is 0 Å². The predicted octanol–water partition coefficient (Wildman–Crippen LogP) is 2.28.